The number of nitrogens with zero attached hydrogens (tertiary/aromatic N) is 1. The van der Waals surface area contributed by atoms with Crippen molar-refractivity contribution >= 4 is 22.8 Å². The van der Waals surface area contributed by atoms with Crippen molar-refractivity contribution < 1.29 is 14.3 Å². The lowest BCUT2D eigenvalue weighted by atomic mass is 9.93. The Labute approximate surface area is 136 Å². The van der Waals surface area contributed by atoms with E-state index in [1.54, 1.807) is 20.8 Å². The summed E-state index contributed by atoms with van der Waals surface area (Å²) in [6.07, 6.45) is -0.210. The van der Waals surface area contributed by atoms with E-state index in [-0.39, 0.29) is 11.8 Å². The number of carbonyl (C=O) groups excluding carboxylic acids is 2. The van der Waals surface area contributed by atoms with Gasteiger partial charge in [0, 0.05) is 18.9 Å². The highest BCUT2D eigenvalue weighted by molar-refractivity contribution is 5.95. The van der Waals surface area contributed by atoms with Crippen molar-refractivity contribution in [1.29, 1.82) is 0 Å². The molecule has 0 radical (unpaired) electrons. The van der Waals surface area contributed by atoms with Crippen molar-refractivity contribution in [3.63, 3.8) is 0 Å². The molecule has 2 aromatic carbocycles. The van der Waals surface area contributed by atoms with E-state index in [1.807, 2.05) is 24.3 Å². The number of hydrogen-bond donors (Lipinski definition) is 0. The molecule has 1 fully saturated rings. The fraction of sp³-hybridized carbons (Fsp3) is 0.368. The van der Waals surface area contributed by atoms with Crippen LogP contribution in [-0.2, 0) is 9.53 Å². The van der Waals surface area contributed by atoms with Crippen LogP contribution in [0.5, 0.6) is 0 Å². The van der Waals surface area contributed by atoms with Gasteiger partial charge in [-0.15, -0.1) is 0 Å². The number of ether oxygens (including phenoxy) is 1. The van der Waals surface area contributed by atoms with Crippen LogP contribution in [-0.4, -0.2) is 29.0 Å². The van der Waals surface area contributed by atoms with Gasteiger partial charge in [-0.1, -0.05) is 42.5 Å². The van der Waals surface area contributed by atoms with Crippen molar-refractivity contribution in [1.82, 2.24) is 4.90 Å². The summed E-state index contributed by atoms with van der Waals surface area (Å²) in [4.78, 5) is 25.7. The van der Waals surface area contributed by atoms with Crippen molar-refractivity contribution in [2.75, 3.05) is 6.54 Å². The van der Waals surface area contributed by atoms with Crippen LogP contribution in [0.2, 0.25) is 0 Å². The summed E-state index contributed by atoms with van der Waals surface area (Å²) in [6.45, 7) is 5.77. The first kappa shape index (κ1) is 15.5. The molecule has 0 N–H and O–H groups in total. The van der Waals surface area contributed by atoms with Crippen LogP contribution in [0.25, 0.3) is 10.8 Å². The molecule has 2 aromatic rings. The van der Waals surface area contributed by atoms with Gasteiger partial charge in [-0.25, -0.2) is 9.69 Å². The molecule has 0 unspecified atom stereocenters. The molecule has 2 amide bonds. The summed E-state index contributed by atoms with van der Waals surface area (Å²) in [5.41, 5.74) is 0.511. The van der Waals surface area contributed by atoms with Gasteiger partial charge >= 0.3 is 6.09 Å². The van der Waals surface area contributed by atoms with Gasteiger partial charge in [0.15, 0.2) is 0 Å². The molecular weight excluding hydrogens is 290 g/mol. The Morgan fingerprint density at radius 2 is 1.83 bits per heavy atom. The number of imide groups is 1. The Kier molecular flexibility index (Phi) is 3.84. The third kappa shape index (κ3) is 3.21. The second kappa shape index (κ2) is 5.69. The minimum absolute atomic E-state index is 0.0149. The lowest BCUT2D eigenvalue weighted by Crippen LogP contribution is -2.37. The molecule has 0 aliphatic carbocycles. The SMILES string of the molecule is CC(C)(C)OC(=O)N1C[C@@H](c2cccc3ccccc23)CC1=O. The van der Waals surface area contributed by atoms with E-state index in [2.05, 4.69) is 18.2 Å². The molecule has 1 aliphatic heterocycles. The Morgan fingerprint density at radius 3 is 2.57 bits per heavy atom. The molecule has 4 heteroatoms. The van der Waals surface area contributed by atoms with E-state index in [4.69, 9.17) is 4.74 Å². The minimum Gasteiger partial charge on any atom is -0.443 e. The first-order chi connectivity index (χ1) is 10.8. The average molecular weight is 311 g/mol. The summed E-state index contributed by atoms with van der Waals surface area (Å²) in [6, 6.07) is 14.2. The largest absolute Gasteiger partial charge is 0.443 e. The second-order valence-corrected chi connectivity index (χ2v) is 6.95. The molecule has 0 aromatic heterocycles. The van der Waals surface area contributed by atoms with E-state index in [0.29, 0.717) is 13.0 Å². The first-order valence-corrected chi connectivity index (χ1v) is 7.86. The second-order valence-electron chi connectivity index (χ2n) is 6.95. The molecule has 23 heavy (non-hydrogen) atoms. The summed E-state index contributed by atoms with van der Waals surface area (Å²) >= 11 is 0. The Balaban J connectivity index is 1.86. The third-order valence-electron chi connectivity index (χ3n) is 4.00. The topological polar surface area (TPSA) is 46.6 Å². The van der Waals surface area contributed by atoms with Crippen LogP contribution >= 0.6 is 0 Å². The van der Waals surface area contributed by atoms with Crippen molar-refractivity contribution in [3.05, 3.63) is 48.0 Å². The molecular formula is C19H21NO3. The number of carbonyl (C=O) groups is 2. The maximum absolute atomic E-state index is 12.2. The third-order valence-corrected chi connectivity index (χ3v) is 4.00. The number of amides is 2. The fourth-order valence-electron chi connectivity index (χ4n) is 3.02. The summed E-state index contributed by atoms with van der Waals surface area (Å²) in [5, 5.41) is 2.28. The van der Waals surface area contributed by atoms with Crippen molar-refractivity contribution in [2.24, 2.45) is 0 Å². The lowest BCUT2D eigenvalue weighted by molar-refractivity contribution is -0.126. The summed E-state index contributed by atoms with van der Waals surface area (Å²) in [7, 11) is 0. The van der Waals surface area contributed by atoms with Crippen LogP contribution in [0.3, 0.4) is 0 Å². The highest BCUT2D eigenvalue weighted by Crippen LogP contribution is 2.33. The molecule has 0 bridgehead atoms. The van der Waals surface area contributed by atoms with Gasteiger partial charge in [-0.05, 0) is 37.1 Å². The maximum atomic E-state index is 12.2. The van der Waals surface area contributed by atoms with Crippen LogP contribution in [0.15, 0.2) is 42.5 Å². The van der Waals surface area contributed by atoms with Gasteiger partial charge in [0.2, 0.25) is 5.91 Å². The van der Waals surface area contributed by atoms with Crippen LogP contribution in [0, 0.1) is 0 Å². The van der Waals surface area contributed by atoms with Gasteiger partial charge < -0.3 is 4.74 Å². The average Bonchev–Trinajstić information content (AvgIpc) is 2.87. The highest BCUT2D eigenvalue weighted by atomic mass is 16.6. The zero-order valence-corrected chi connectivity index (χ0v) is 13.7. The van der Waals surface area contributed by atoms with Gasteiger partial charge in [-0.3, -0.25) is 4.79 Å². The summed E-state index contributed by atoms with van der Waals surface area (Å²) in [5.74, 6) is -0.154. The number of hydrogen-bond acceptors (Lipinski definition) is 3. The molecule has 0 saturated carbocycles. The predicted molar refractivity (Wildman–Crippen MR) is 89.3 cm³/mol. The number of likely N-dealkylation sites (tertiary alicyclic amines) is 1. The van der Waals surface area contributed by atoms with Gasteiger partial charge in [0.05, 0.1) is 0 Å². The number of rotatable bonds is 1. The number of fused-ring (bicyclic) bond motifs is 1. The molecule has 120 valence electrons. The van der Waals surface area contributed by atoms with Crippen LogP contribution < -0.4 is 0 Å². The van der Waals surface area contributed by atoms with Gasteiger partial charge in [0.25, 0.3) is 0 Å². The zero-order chi connectivity index (χ0) is 16.6. The molecule has 1 aliphatic rings. The smallest absolute Gasteiger partial charge is 0.417 e. The van der Waals surface area contributed by atoms with E-state index >= 15 is 0 Å². The summed E-state index contributed by atoms with van der Waals surface area (Å²) < 4.78 is 5.33. The van der Waals surface area contributed by atoms with E-state index in [0.717, 1.165) is 16.3 Å². The monoisotopic (exact) mass is 311 g/mol. The van der Waals surface area contributed by atoms with Gasteiger partial charge in [-0.2, -0.15) is 0 Å². The van der Waals surface area contributed by atoms with Crippen molar-refractivity contribution in [3.8, 4) is 0 Å². The predicted octanol–water partition coefficient (Wildman–Crippen LogP) is 4.09. The normalized spacial score (nSPS) is 18.5. The van der Waals surface area contributed by atoms with Crippen LogP contribution in [0.1, 0.15) is 38.7 Å². The lowest BCUT2D eigenvalue weighted by Gasteiger charge is -2.23. The Hall–Kier alpha value is -2.36. The van der Waals surface area contributed by atoms with Crippen LogP contribution in [0.4, 0.5) is 4.79 Å². The molecule has 1 saturated heterocycles. The minimum atomic E-state index is -0.602. The quantitative estimate of drug-likeness (QED) is 0.797. The molecule has 1 atom stereocenters. The Morgan fingerprint density at radius 1 is 1.13 bits per heavy atom. The number of benzene rings is 2. The fourth-order valence-corrected chi connectivity index (χ4v) is 3.02. The van der Waals surface area contributed by atoms with Crippen molar-refractivity contribution in [2.45, 2.75) is 38.7 Å². The molecule has 1 heterocycles. The van der Waals surface area contributed by atoms with E-state index in [1.165, 1.54) is 4.90 Å². The zero-order valence-electron chi connectivity index (χ0n) is 13.7. The molecule has 0 spiro atoms. The van der Waals surface area contributed by atoms with E-state index < -0.39 is 11.7 Å². The maximum Gasteiger partial charge on any atom is 0.417 e. The Bertz CT molecular complexity index is 755. The first-order valence-electron chi connectivity index (χ1n) is 7.86. The molecule has 4 nitrogen and oxygen atoms in total. The molecule has 3 rings (SSSR count). The highest BCUT2D eigenvalue weighted by Gasteiger charge is 2.37. The van der Waals surface area contributed by atoms with E-state index in [9.17, 15) is 9.59 Å². The standard InChI is InChI=1S/C19H21NO3/c1-19(2,3)23-18(22)20-12-14(11-17(20)21)16-10-6-8-13-7-4-5-9-15(13)16/h4-10,14H,11-12H2,1-3H3/t14-/m0/s1. The van der Waals surface area contributed by atoms with Gasteiger partial charge in [0.1, 0.15) is 5.60 Å².